The van der Waals surface area contributed by atoms with Crippen molar-refractivity contribution in [2.45, 2.75) is 32.2 Å². The molecule has 2 aromatic rings. The molecule has 1 heterocycles. The second kappa shape index (κ2) is 8.25. The van der Waals surface area contributed by atoms with Gasteiger partial charge in [-0.25, -0.2) is 0 Å². The van der Waals surface area contributed by atoms with E-state index in [2.05, 4.69) is 12.1 Å². The van der Waals surface area contributed by atoms with Crippen LogP contribution in [-0.4, -0.2) is 36.7 Å². The van der Waals surface area contributed by atoms with Gasteiger partial charge in [-0.2, -0.15) is 0 Å². The van der Waals surface area contributed by atoms with Crippen LogP contribution in [0, 0.1) is 17.8 Å². The van der Waals surface area contributed by atoms with Crippen molar-refractivity contribution < 1.29 is 23.8 Å². The highest BCUT2D eigenvalue weighted by Crippen LogP contribution is 2.49. The third-order valence-corrected chi connectivity index (χ3v) is 6.42. The summed E-state index contributed by atoms with van der Waals surface area (Å²) in [5.74, 6) is 1.86. The van der Waals surface area contributed by atoms with Crippen LogP contribution in [-0.2, 0) is 20.9 Å². The van der Waals surface area contributed by atoms with Crippen molar-refractivity contribution in [3.63, 3.8) is 0 Å². The Hall–Kier alpha value is -3.02. The van der Waals surface area contributed by atoms with Crippen LogP contribution in [0.1, 0.15) is 36.8 Å². The molecule has 6 nitrogen and oxygen atoms in total. The van der Waals surface area contributed by atoms with E-state index in [4.69, 9.17) is 14.2 Å². The van der Waals surface area contributed by atoms with Gasteiger partial charge in [-0.15, -0.1) is 0 Å². The van der Waals surface area contributed by atoms with Gasteiger partial charge in [-0.05, 0) is 54.9 Å². The molecule has 162 valence electrons. The van der Waals surface area contributed by atoms with E-state index in [-0.39, 0.29) is 42.3 Å². The summed E-state index contributed by atoms with van der Waals surface area (Å²) in [4.78, 5) is 27.5. The average Bonchev–Trinajstić information content (AvgIpc) is 3.69. The Morgan fingerprint density at radius 1 is 1.03 bits per heavy atom. The van der Waals surface area contributed by atoms with Crippen molar-refractivity contribution in [2.75, 3.05) is 19.9 Å². The van der Waals surface area contributed by atoms with Gasteiger partial charge < -0.3 is 19.1 Å². The molecule has 4 atom stereocenters. The summed E-state index contributed by atoms with van der Waals surface area (Å²) in [5, 5.41) is 0. The van der Waals surface area contributed by atoms with Gasteiger partial charge in [0.1, 0.15) is 0 Å². The maximum atomic E-state index is 13.4. The van der Waals surface area contributed by atoms with E-state index in [1.807, 2.05) is 48.2 Å². The second-order valence-corrected chi connectivity index (χ2v) is 8.62. The van der Waals surface area contributed by atoms with E-state index in [1.54, 1.807) is 0 Å². The first kappa shape index (κ1) is 19.9. The number of carbonyl (C=O) groups is 2. The molecule has 6 heteroatoms. The summed E-state index contributed by atoms with van der Waals surface area (Å²) in [6, 6.07) is 16.0. The van der Waals surface area contributed by atoms with Crippen LogP contribution in [0.4, 0.5) is 0 Å². The number of benzene rings is 2. The predicted molar refractivity (Wildman–Crippen MR) is 114 cm³/mol. The van der Waals surface area contributed by atoms with Gasteiger partial charge in [-0.1, -0.05) is 36.4 Å². The van der Waals surface area contributed by atoms with Crippen LogP contribution in [0.25, 0.3) is 0 Å². The Morgan fingerprint density at radius 3 is 2.65 bits per heavy atom. The zero-order valence-electron chi connectivity index (χ0n) is 17.7. The standard InChI is InChI=1S/C25H27NO5/c1-2-29-25(28)20-11-18(20)14-26(13-16-8-9-22-23(10-16)31-15-30-22)24(27)21-12-19(21)17-6-4-3-5-7-17/h3-10,18-21H,2,11-15H2,1H3/t18-,19+,20+,21-/m1/s1. The minimum Gasteiger partial charge on any atom is -0.466 e. The number of hydrogen-bond donors (Lipinski definition) is 0. The number of esters is 1. The number of fused-ring (bicyclic) bond motifs is 1. The largest absolute Gasteiger partial charge is 0.466 e. The van der Waals surface area contributed by atoms with Crippen LogP contribution >= 0.6 is 0 Å². The van der Waals surface area contributed by atoms with Crippen LogP contribution in [0.3, 0.4) is 0 Å². The van der Waals surface area contributed by atoms with Gasteiger partial charge in [0.25, 0.3) is 0 Å². The second-order valence-electron chi connectivity index (χ2n) is 8.62. The quantitative estimate of drug-likeness (QED) is 0.608. The molecule has 2 fully saturated rings. The van der Waals surface area contributed by atoms with Gasteiger partial charge >= 0.3 is 5.97 Å². The zero-order valence-corrected chi connectivity index (χ0v) is 17.7. The number of ether oxygens (including phenoxy) is 3. The molecular weight excluding hydrogens is 394 g/mol. The van der Waals surface area contributed by atoms with E-state index in [0.717, 1.165) is 24.2 Å². The summed E-state index contributed by atoms with van der Waals surface area (Å²) in [6.07, 6.45) is 1.67. The van der Waals surface area contributed by atoms with Gasteiger partial charge in [-0.3, -0.25) is 9.59 Å². The molecule has 5 rings (SSSR count). The van der Waals surface area contributed by atoms with Gasteiger partial charge in [0, 0.05) is 19.0 Å². The molecule has 0 unspecified atom stereocenters. The van der Waals surface area contributed by atoms with Crippen molar-refractivity contribution in [2.24, 2.45) is 17.8 Å². The Labute approximate surface area is 182 Å². The van der Waals surface area contributed by atoms with Gasteiger partial charge in [0.2, 0.25) is 12.7 Å². The highest BCUT2D eigenvalue weighted by molar-refractivity contribution is 5.83. The Kier molecular flexibility index (Phi) is 5.30. The summed E-state index contributed by atoms with van der Waals surface area (Å²) >= 11 is 0. The molecule has 0 bridgehead atoms. The molecule has 0 radical (unpaired) electrons. The molecule has 31 heavy (non-hydrogen) atoms. The predicted octanol–water partition coefficient (Wildman–Crippen LogP) is 3.75. The molecule has 2 aromatic carbocycles. The van der Waals surface area contributed by atoms with E-state index in [1.165, 1.54) is 5.56 Å². The lowest BCUT2D eigenvalue weighted by Gasteiger charge is -2.23. The number of rotatable bonds is 8. The molecule has 3 aliphatic rings. The molecule has 2 aliphatic carbocycles. The lowest BCUT2D eigenvalue weighted by atomic mass is 10.1. The van der Waals surface area contributed by atoms with Crippen molar-refractivity contribution in [3.8, 4) is 11.5 Å². The third kappa shape index (κ3) is 4.24. The van der Waals surface area contributed by atoms with E-state index < -0.39 is 0 Å². The van der Waals surface area contributed by atoms with Crippen molar-refractivity contribution in [1.82, 2.24) is 4.90 Å². The fourth-order valence-corrected chi connectivity index (χ4v) is 4.53. The molecule has 0 N–H and O–H groups in total. The van der Waals surface area contributed by atoms with Gasteiger partial charge in [0.15, 0.2) is 11.5 Å². The first-order chi connectivity index (χ1) is 15.1. The van der Waals surface area contributed by atoms with E-state index >= 15 is 0 Å². The zero-order chi connectivity index (χ0) is 21.4. The molecule has 0 spiro atoms. The number of nitrogens with zero attached hydrogens (tertiary/aromatic N) is 1. The van der Waals surface area contributed by atoms with Crippen molar-refractivity contribution in [1.29, 1.82) is 0 Å². The van der Waals surface area contributed by atoms with Crippen LogP contribution in [0.5, 0.6) is 11.5 Å². The minimum atomic E-state index is -0.142. The monoisotopic (exact) mass is 421 g/mol. The third-order valence-electron chi connectivity index (χ3n) is 6.42. The maximum Gasteiger partial charge on any atom is 0.309 e. The van der Waals surface area contributed by atoms with Crippen molar-refractivity contribution in [3.05, 3.63) is 59.7 Å². The topological polar surface area (TPSA) is 65.1 Å². The summed E-state index contributed by atoms with van der Waals surface area (Å²) in [7, 11) is 0. The van der Waals surface area contributed by atoms with Crippen LogP contribution in [0.2, 0.25) is 0 Å². The number of hydrogen-bond acceptors (Lipinski definition) is 5. The lowest BCUT2D eigenvalue weighted by molar-refractivity contribution is -0.145. The maximum absolute atomic E-state index is 13.4. The molecule has 2 saturated carbocycles. The fourth-order valence-electron chi connectivity index (χ4n) is 4.53. The fraction of sp³-hybridized carbons (Fsp3) is 0.440. The Balaban J connectivity index is 1.30. The summed E-state index contributed by atoms with van der Waals surface area (Å²) in [6.45, 7) is 3.52. The van der Waals surface area contributed by atoms with Gasteiger partial charge in [0.05, 0.1) is 12.5 Å². The first-order valence-electron chi connectivity index (χ1n) is 11.0. The average molecular weight is 421 g/mol. The van der Waals surface area contributed by atoms with Crippen LogP contribution in [0.15, 0.2) is 48.5 Å². The summed E-state index contributed by atoms with van der Waals surface area (Å²) in [5.41, 5.74) is 2.22. The highest BCUT2D eigenvalue weighted by Gasteiger charge is 2.49. The lowest BCUT2D eigenvalue weighted by Crippen LogP contribution is -2.34. The first-order valence-corrected chi connectivity index (χ1v) is 11.0. The van der Waals surface area contributed by atoms with E-state index in [0.29, 0.717) is 25.4 Å². The Morgan fingerprint density at radius 2 is 1.84 bits per heavy atom. The molecule has 1 aliphatic heterocycles. The van der Waals surface area contributed by atoms with Crippen LogP contribution < -0.4 is 9.47 Å². The number of amides is 1. The minimum absolute atomic E-state index is 0.0104. The van der Waals surface area contributed by atoms with Crippen molar-refractivity contribution >= 4 is 11.9 Å². The smallest absolute Gasteiger partial charge is 0.309 e. The molecular formula is C25H27NO5. The normalized spacial score (nSPS) is 25.1. The molecule has 1 amide bonds. The SMILES string of the molecule is CCOC(=O)[C@H]1C[C@@H]1CN(Cc1ccc2c(c1)OCO2)C(=O)[C@@H]1C[C@H]1c1ccccc1. The summed E-state index contributed by atoms with van der Waals surface area (Å²) < 4.78 is 16.1. The van der Waals surface area contributed by atoms with E-state index in [9.17, 15) is 9.59 Å². The Bertz CT molecular complexity index is 975. The molecule has 0 aromatic heterocycles. The molecule has 0 saturated heterocycles. The number of carbonyl (C=O) groups excluding carboxylic acids is 2. The highest BCUT2D eigenvalue weighted by atomic mass is 16.7.